The normalized spacial score (nSPS) is 11.1. The summed E-state index contributed by atoms with van der Waals surface area (Å²) in [5, 5.41) is 11.7. The van der Waals surface area contributed by atoms with Gasteiger partial charge in [0.15, 0.2) is 0 Å². The van der Waals surface area contributed by atoms with Crippen LogP contribution in [-0.2, 0) is 17.8 Å². The molecule has 4 nitrogen and oxygen atoms in total. The Labute approximate surface area is 130 Å². The molecule has 1 amide bonds. The van der Waals surface area contributed by atoms with Crippen LogP contribution < -0.4 is 10.1 Å². The SMILES string of the molecule is O=C(Cc1ccc(OC(F)(F)F)cc1)Nc1cccc(CO)c1. The topological polar surface area (TPSA) is 58.6 Å². The van der Waals surface area contributed by atoms with Crippen LogP contribution in [0.2, 0.25) is 0 Å². The van der Waals surface area contributed by atoms with Crippen LogP contribution in [-0.4, -0.2) is 17.4 Å². The minimum absolute atomic E-state index is 0.00957. The molecule has 0 aliphatic rings. The number of amides is 1. The fourth-order valence-corrected chi connectivity index (χ4v) is 1.95. The maximum Gasteiger partial charge on any atom is 0.573 e. The van der Waals surface area contributed by atoms with Crippen molar-refractivity contribution in [1.29, 1.82) is 0 Å². The van der Waals surface area contributed by atoms with Crippen molar-refractivity contribution < 1.29 is 27.8 Å². The summed E-state index contributed by atoms with van der Waals surface area (Å²) in [4.78, 5) is 11.9. The van der Waals surface area contributed by atoms with Crippen LogP contribution in [0.5, 0.6) is 5.75 Å². The Morgan fingerprint density at radius 3 is 2.39 bits per heavy atom. The first-order chi connectivity index (χ1) is 10.9. The van der Waals surface area contributed by atoms with Crippen molar-refractivity contribution in [3.63, 3.8) is 0 Å². The Hall–Kier alpha value is -2.54. The van der Waals surface area contributed by atoms with E-state index >= 15 is 0 Å². The quantitative estimate of drug-likeness (QED) is 0.887. The lowest BCUT2D eigenvalue weighted by molar-refractivity contribution is -0.274. The number of carbonyl (C=O) groups is 1. The van der Waals surface area contributed by atoms with Crippen molar-refractivity contribution >= 4 is 11.6 Å². The summed E-state index contributed by atoms with van der Waals surface area (Å²) in [7, 11) is 0. The number of ether oxygens (including phenoxy) is 1. The molecule has 2 aromatic carbocycles. The van der Waals surface area contributed by atoms with Crippen LogP contribution in [0.15, 0.2) is 48.5 Å². The van der Waals surface area contributed by atoms with Gasteiger partial charge < -0.3 is 15.2 Å². The zero-order valence-electron chi connectivity index (χ0n) is 11.9. The summed E-state index contributed by atoms with van der Waals surface area (Å²) >= 11 is 0. The van der Waals surface area contributed by atoms with Gasteiger partial charge in [-0.25, -0.2) is 0 Å². The number of benzene rings is 2. The van der Waals surface area contributed by atoms with Crippen LogP contribution in [0.1, 0.15) is 11.1 Å². The van der Waals surface area contributed by atoms with Crippen molar-refractivity contribution in [2.75, 3.05) is 5.32 Å². The molecule has 2 N–H and O–H groups in total. The Morgan fingerprint density at radius 1 is 1.09 bits per heavy atom. The van der Waals surface area contributed by atoms with Crippen LogP contribution in [0.3, 0.4) is 0 Å². The van der Waals surface area contributed by atoms with Crippen molar-refractivity contribution in [2.24, 2.45) is 0 Å². The van der Waals surface area contributed by atoms with Gasteiger partial charge in [-0.15, -0.1) is 13.2 Å². The van der Waals surface area contributed by atoms with Gasteiger partial charge in [-0.2, -0.15) is 0 Å². The number of rotatable bonds is 5. The van der Waals surface area contributed by atoms with Crippen molar-refractivity contribution in [3.05, 3.63) is 59.7 Å². The highest BCUT2D eigenvalue weighted by Crippen LogP contribution is 2.23. The number of hydrogen-bond acceptors (Lipinski definition) is 3. The van der Waals surface area contributed by atoms with Crippen LogP contribution >= 0.6 is 0 Å². The highest BCUT2D eigenvalue weighted by Gasteiger charge is 2.30. The molecule has 0 atom stereocenters. The summed E-state index contributed by atoms with van der Waals surface area (Å²) in [5.41, 5.74) is 1.75. The van der Waals surface area contributed by atoms with E-state index in [1.165, 1.54) is 12.1 Å². The fraction of sp³-hybridized carbons (Fsp3) is 0.188. The first-order valence-electron chi connectivity index (χ1n) is 6.70. The molecule has 0 saturated carbocycles. The predicted octanol–water partition coefficient (Wildman–Crippen LogP) is 3.26. The molecule has 7 heteroatoms. The van der Waals surface area contributed by atoms with Gasteiger partial charge in [0.05, 0.1) is 13.0 Å². The van der Waals surface area contributed by atoms with E-state index in [1.54, 1.807) is 24.3 Å². The summed E-state index contributed by atoms with van der Waals surface area (Å²) in [5.74, 6) is -0.651. The van der Waals surface area contributed by atoms with Gasteiger partial charge in [0.25, 0.3) is 0 Å². The predicted molar refractivity (Wildman–Crippen MR) is 77.8 cm³/mol. The average Bonchev–Trinajstić information content (AvgIpc) is 2.48. The molecule has 122 valence electrons. The van der Waals surface area contributed by atoms with Gasteiger partial charge >= 0.3 is 6.36 Å². The second-order valence-corrected chi connectivity index (χ2v) is 4.78. The summed E-state index contributed by atoms with van der Waals surface area (Å²) < 4.78 is 39.9. The summed E-state index contributed by atoms with van der Waals surface area (Å²) in [6.45, 7) is -0.135. The van der Waals surface area contributed by atoms with Crippen molar-refractivity contribution in [3.8, 4) is 5.75 Å². The number of nitrogens with one attached hydrogen (secondary N) is 1. The highest BCUT2D eigenvalue weighted by molar-refractivity contribution is 5.92. The van der Waals surface area contributed by atoms with E-state index in [1.807, 2.05) is 0 Å². The first kappa shape index (κ1) is 16.8. The third-order valence-electron chi connectivity index (χ3n) is 2.91. The molecule has 0 radical (unpaired) electrons. The van der Waals surface area contributed by atoms with Crippen molar-refractivity contribution in [1.82, 2.24) is 0 Å². The highest BCUT2D eigenvalue weighted by atomic mass is 19.4. The molecule has 0 heterocycles. The third-order valence-corrected chi connectivity index (χ3v) is 2.91. The van der Waals surface area contributed by atoms with E-state index in [9.17, 15) is 18.0 Å². The maximum absolute atomic E-state index is 12.1. The standard InChI is InChI=1S/C16H14F3NO3/c17-16(18,19)23-14-6-4-11(5-7-14)9-15(22)20-13-3-1-2-12(8-13)10-21/h1-8,21H,9-10H2,(H,20,22). The molecule has 0 aromatic heterocycles. The van der Waals surface area contributed by atoms with Gasteiger partial charge in [-0.3, -0.25) is 4.79 Å². The van der Waals surface area contributed by atoms with Crippen molar-refractivity contribution in [2.45, 2.75) is 19.4 Å². The Morgan fingerprint density at radius 2 is 1.78 bits per heavy atom. The Bertz CT molecular complexity index is 669. The lowest BCUT2D eigenvalue weighted by Gasteiger charge is -2.10. The van der Waals surface area contributed by atoms with E-state index in [0.29, 0.717) is 16.8 Å². The van der Waals surface area contributed by atoms with Gasteiger partial charge in [-0.1, -0.05) is 24.3 Å². The zero-order valence-corrected chi connectivity index (χ0v) is 11.9. The first-order valence-corrected chi connectivity index (χ1v) is 6.70. The summed E-state index contributed by atoms with van der Waals surface area (Å²) in [6.07, 6.45) is -4.73. The molecule has 0 saturated heterocycles. The van der Waals surface area contributed by atoms with E-state index in [4.69, 9.17) is 5.11 Å². The number of halogens is 3. The van der Waals surface area contributed by atoms with Crippen LogP contribution in [0.4, 0.5) is 18.9 Å². The fourth-order valence-electron chi connectivity index (χ4n) is 1.95. The molecule has 0 aliphatic heterocycles. The van der Waals surface area contributed by atoms with Gasteiger partial charge in [0, 0.05) is 5.69 Å². The van der Waals surface area contributed by atoms with E-state index in [0.717, 1.165) is 12.1 Å². The van der Waals surface area contributed by atoms with Gasteiger partial charge in [0.2, 0.25) is 5.91 Å². The second kappa shape index (κ2) is 7.15. The zero-order chi connectivity index (χ0) is 16.9. The number of alkyl halides is 3. The molecule has 2 aromatic rings. The minimum Gasteiger partial charge on any atom is -0.406 e. The van der Waals surface area contributed by atoms with Crippen LogP contribution in [0.25, 0.3) is 0 Å². The molecule has 0 bridgehead atoms. The van der Waals surface area contributed by atoms with E-state index in [-0.39, 0.29) is 24.7 Å². The number of anilines is 1. The largest absolute Gasteiger partial charge is 0.573 e. The molecule has 0 unspecified atom stereocenters. The monoisotopic (exact) mass is 325 g/mol. The lowest BCUT2D eigenvalue weighted by Crippen LogP contribution is -2.17. The molecular formula is C16H14F3NO3. The van der Waals surface area contributed by atoms with Crippen LogP contribution in [0, 0.1) is 0 Å². The number of carbonyl (C=O) groups excluding carboxylic acids is 1. The molecule has 0 fully saturated rings. The molecular weight excluding hydrogens is 311 g/mol. The third kappa shape index (κ3) is 5.63. The van der Waals surface area contributed by atoms with Gasteiger partial charge in [0.1, 0.15) is 5.75 Å². The second-order valence-electron chi connectivity index (χ2n) is 4.78. The molecule has 2 rings (SSSR count). The number of hydrogen-bond donors (Lipinski definition) is 2. The molecule has 23 heavy (non-hydrogen) atoms. The molecule has 0 aliphatic carbocycles. The molecule has 0 spiro atoms. The smallest absolute Gasteiger partial charge is 0.406 e. The maximum atomic E-state index is 12.1. The van der Waals surface area contributed by atoms with E-state index < -0.39 is 6.36 Å². The van der Waals surface area contributed by atoms with Gasteiger partial charge in [-0.05, 0) is 35.4 Å². The Balaban J connectivity index is 1.94. The lowest BCUT2D eigenvalue weighted by atomic mass is 10.1. The van der Waals surface area contributed by atoms with E-state index in [2.05, 4.69) is 10.1 Å². The summed E-state index contributed by atoms with van der Waals surface area (Å²) in [6, 6.07) is 11.8. The Kier molecular flexibility index (Phi) is 5.23. The minimum atomic E-state index is -4.74. The number of aliphatic hydroxyl groups excluding tert-OH is 1. The number of aliphatic hydroxyl groups is 1. The average molecular weight is 325 g/mol.